The highest BCUT2D eigenvalue weighted by Gasteiger charge is 2.34. The number of rotatable bonds is 9. The van der Waals surface area contributed by atoms with Gasteiger partial charge in [-0.2, -0.15) is 4.98 Å². The van der Waals surface area contributed by atoms with Gasteiger partial charge in [-0.1, -0.05) is 23.4 Å². The molecule has 2 aromatic carbocycles. The molecule has 32 heavy (non-hydrogen) atoms. The van der Waals surface area contributed by atoms with Gasteiger partial charge in [-0.15, -0.1) is 0 Å². The Morgan fingerprint density at radius 2 is 1.84 bits per heavy atom. The fraction of sp³-hybridized carbons (Fsp3) is 0.375. The molecule has 1 aliphatic rings. The molecule has 0 saturated carbocycles. The minimum atomic E-state index is -0.122. The number of carbonyl (C=O) groups is 1. The number of para-hydroxylation sites is 1. The highest BCUT2D eigenvalue weighted by Crippen LogP contribution is 2.33. The Balaban J connectivity index is 1.47. The van der Waals surface area contributed by atoms with Gasteiger partial charge in [0.25, 0.3) is 5.89 Å². The fourth-order valence-corrected chi connectivity index (χ4v) is 3.84. The average molecular weight is 437 g/mol. The first-order valence-corrected chi connectivity index (χ1v) is 10.8. The summed E-state index contributed by atoms with van der Waals surface area (Å²) in [6.07, 6.45) is 0.347. The van der Waals surface area contributed by atoms with E-state index >= 15 is 0 Å². The van der Waals surface area contributed by atoms with Crippen molar-refractivity contribution in [1.82, 2.24) is 15.0 Å². The normalized spacial score (nSPS) is 15.8. The Hall–Kier alpha value is -3.55. The number of carbonyl (C=O) groups excluding carboxylic acids is 1. The predicted molar refractivity (Wildman–Crippen MR) is 118 cm³/mol. The molecular weight excluding hydrogens is 410 g/mol. The van der Waals surface area contributed by atoms with Crippen LogP contribution in [-0.4, -0.2) is 47.8 Å². The van der Waals surface area contributed by atoms with Crippen molar-refractivity contribution >= 4 is 5.91 Å². The van der Waals surface area contributed by atoms with Crippen molar-refractivity contribution in [2.75, 3.05) is 26.9 Å². The molecule has 1 atom stereocenters. The Labute approximate surface area is 187 Å². The maximum Gasteiger partial charge on any atom is 0.261 e. The van der Waals surface area contributed by atoms with Crippen molar-refractivity contribution in [1.29, 1.82) is 0 Å². The molecule has 1 aromatic heterocycles. The van der Waals surface area contributed by atoms with Gasteiger partial charge in [0.2, 0.25) is 5.91 Å². The molecule has 0 spiro atoms. The Bertz CT molecular complexity index is 1080. The molecule has 0 N–H and O–H groups in total. The van der Waals surface area contributed by atoms with E-state index in [4.69, 9.17) is 18.7 Å². The van der Waals surface area contributed by atoms with Crippen LogP contribution in [0.4, 0.5) is 0 Å². The van der Waals surface area contributed by atoms with E-state index in [0.29, 0.717) is 61.7 Å². The largest absolute Gasteiger partial charge is 0.496 e. The average Bonchev–Trinajstić information content (AvgIpc) is 3.43. The lowest BCUT2D eigenvalue weighted by atomic mass is 10.1. The summed E-state index contributed by atoms with van der Waals surface area (Å²) in [5.41, 5.74) is 1.71. The maximum atomic E-state index is 12.7. The molecule has 1 fully saturated rings. The third-order valence-electron chi connectivity index (χ3n) is 5.34. The summed E-state index contributed by atoms with van der Waals surface area (Å²) in [5.74, 6) is 2.91. The second-order valence-corrected chi connectivity index (χ2v) is 7.48. The van der Waals surface area contributed by atoms with Crippen molar-refractivity contribution in [2.45, 2.75) is 32.7 Å². The lowest BCUT2D eigenvalue weighted by Gasteiger charge is -2.18. The van der Waals surface area contributed by atoms with Crippen molar-refractivity contribution < 1.29 is 23.5 Å². The third-order valence-corrected chi connectivity index (χ3v) is 5.34. The van der Waals surface area contributed by atoms with Crippen molar-refractivity contribution in [3.05, 3.63) is 53.9 Å². The van der Waals surface area contributed by atoms with Crippen LogP contribution < -0.4 is 14.2 Å². The maximum absolute atomic E-state index is 12.7. The number of aromatic nitrogens is 2. The summed E-state index contributed by atoms with van der Waals surface area (Å²) < 4.78 is 22.2. The molecule has 168 valence electrons. The smallest absolute Gasteiger partial charge is 0.261 e. The highest BCUT2D eigenvalue weighted by atomic mass is 16.5. The van der Waals surface area contributed by atoms with Gasteiger partial charge in [-0.3, -0.25) is 4.79 Å². The molecule has 8 heteroatoms. The van der Waals surface area contributed by atoms with E-state index in [0.717, 1.165) is 11.1 Å². The van der Waals surface area contributed by atoms with Gasteiger partial charge >= 0.3 is 0 Å². The molecule has 4 rings (SSSR count). The number of methoxy groups -OCH3 is 1. The van der Waals surface area contributed by atoms with E-state index in [2.05, 4.69) is 10.1 Å². The topological polar surface area (TPSA) is 86.9 Å². The second-order valence-electron chi connectivity index (χ2n) is 7.48. The monoisotopic (exact) mass is 437 g/mol. The Morgan fingerprint density at radius 1 is 1.06 bits per heavy atom. The van der Waals surface area contributed by atoms with Crippen LogP contribution in [0.25, 0.3) is 11.5 Å². The van der Waals surface area contributed by atoms with Crippen molar-refractivity contribution in [2.24, 2.45) is 0 Å². The van der Waals surface area contributed by atoms with E-state index < -0.39 is 0 Å². The molecule has 0 radical (unpaired) electrons. The lowest BCUT2D eigenvalue weighted by molar-refractivity contribution is -0.128. The molecule has 0 bridgehead atoms. The molecule has 3 aromatic rings. The molecule has 1 saturated heterocycles. The van der Waals surface area contributed by atoms with Crippen LogP contribution in [0.1, 0.15) is 37.6 Å². The minimum absolute atomic E-state index is 0.0606. The number of benzene rings is 2. The standard InChI is InChI=1S/C24H27N3O5/c1-4-30-20-11-10-16(12-21(20)31-5-2)14-27-15-17(13-22(27)28)23-25-24(32-26-23)18-8-6-7-9-19(18)29-3/h6-12,17H,4-5,13-15H2,1-3H3. The van der Waals surface area contributed by atoms with Gasteiger partial charge in [-0.05, 0) is 43.7 Å². The van der Waals surface area contributed by atoms with Gasteiger partial charge in [0.1, 0.15) is 5.75 Å². The lowest BCUT2D eigenvalue weighted by Crippen LogP contribution is -2.24. The molecule has 1 unspecified atom stereocenters. The van der Waals surface area contributed by atoms with Crippen LogP contribution >= 0.6 is 0 Å². The summed E-state index contributed by atoms with van der Waals surface area (Å²) in [4.78, 5) is 19.0. The van der Waals surface area contributed by atoms with E-state index in [1.807, 2.05) is 61.2 Å². The van der Waals surface area contributed by atoms with Gasteiger partial charge in [0.15, 0.2) is 17.3 Å². The molecular formula is C24H27N3O5. The van der Waals surface area contributed by atoms with E-state index in [1.54, 1.807) is 7.11 Å². The summed E-state index contributed by atoms with van der Waals surface area (Å²) in [5, 5.41) is 4.14. The Kier molecular flexibility index (Phi) is 6.58. The first kappa shape index (κ1) is 21.7. The van der Waals surface area contributed by atoms with Gasteiger partial charge in [0.05, 0.1) is 25.9 Å². The zero-order valence-electron chi connectivity index (χ0n) is 18.5. The summed E-state index contributed by atoms with van der Waals surface area (Å²) in [6, 6.07) is 13.3. The molecule has 2 heterocycles. The first-order valence-electron chi connectivity index (χ1n) is 10.8. The van der Waals surface area contributed by atoms with Crippen LogP contribution in [0.2, 0.25) is 0 Å². The van der Waals surface area contributed by atoms with Gasteiger partial charge in [0, 0.05) is 25.4 Å². The zero-order valence-corrected chi connectivity index (χ0v) is 18.5. The predicted octanol–water partition coefficient (Wildman–Crippen LogP) is 4.06. The van der Waals surface area contributed by atoms with Crippen molar-refractivity contribution in [3.63, 3.8) is 0 Å². The van der Waals surface area contributed by atoms with Gasteiger partial charge < -0.3 is 23.6 Å². The molecule has 8 nitrogen and oxygen atoms in total. The van der Waals surface area contributed by atoms with Crippen LogP contribution in [-0.2, 0) is 11.3 Å². The molecule has 1 amide bonds. The Morgan fingerprint density at radius 3 is 2.62 bits per heavy atom. The number of hydrogen-bond acceptors (Lipinski definition) is 7. The highest BCUT2D eigenvalue weighted by molar-refractivity contribution is 5.79. The third kappa shape index (κ3) is 4.54. The van der Waals surface area contributed by atoms with Gasteiger partial charge in [-0.25, -0.2) is 0 Å². The van der Waals surface area contributed by atoms with E-state index in [-0.39, 0.29) is 11.8 Å². The van der Waals surface area contributed by atoms with Crippen LogP contribution in [0.5, 0.6) is 17.2 Å². The van der Waals surface area contributed by atoms with Crippen LogP contribution in [0.3, 0.4) is 0 Å². The summed E-state index contributed by atoms with van der Waals surface area (Å²) in [6.45, 7) is 5.99. The number of likely N-dealkylation sites (tertiary alicyclic amines) is 1. The van der Waals surface area contributed by atoms with Crippen LogP contribution in [0, 0.1) is 0 Å². The van der Waals surface area contributed by atoms with Crippen molar-refractivity contribution in [3.8, 4) is 28.7 Å². The molecule has 0 aliphatic carbocycles. The summed E-state index contributed by atoms with van der Waals surface area (Å²) >= 11 is 0. The van der Waals surface area contributed by atoms with Crippen LogP contribution in [0.15, 0.2) is 47.0 Å². The first-order chi connectivity index (χ1) is 15.6. The fourth-order valence-electron chi connectivity index (χ4n) is 3.84. The SMILES string of the molecule is CCOc1ccc(CN2CC(c3noc(-c4ccccc4OC)n3)CC2=O)cc1OCC. The van der Waals surface area contributed by atoms with E-state index in [9.17, 15) is 4.79 Å². The second kappa shape index (κ2) is 9.72. The molecule has 1 aliphatic heterocycles. The zero-order chi connectivity index (χ0) is 22.5. The number of ether oxygens (including phenoxy) is 3. The number of hydrogen-bond donors (Lipinski definition) is 0. The number of nitrogens with zero attached hydrogens (tertiary/aromatic N) is 3. The quantitative estimate of drug-likeness (QED) is 0.499. The van der Waals surface area contributed by atoms with E-state index in [1.165, 1.54) is 0 Å². The number of amides is 1. The summed E-state index contributed by atoms with van der Waals surface area (Å²) in [7, 11) is 1.60. The minimum Gasteiger partial charge on any atom is -0.496 e.